The molecule has 2 aliphatic carbocycles. The third-order valence-corrected chi connectivity index (χ3v) is 13.4. The van der Waals surface area contributed by atoms with E-state index >= 15 is 0 Å². The first-order valence-electron chi connectivity index (χ1n) is 20.5. The van der Waals surface area contributed by atoms with Gasteiger partial charge in [0.1, 0.15) is 0 Å². The van der Waals surface area contributed by atoms with Gasteiger partial charge < -0.3 is 4.90 Å². The zero-order valence-corrected chi connectivity index (χ0v) is 32.4. The number of fused-ring (bicyclic) bond motifs is 8. The van der Waals surface area contributed by atoms with Crippen LogP contribution in [0, 0.1) is 0 Å². The van der Waals surface area contributed by atoms with Gasteiger partial charge >= 0.3 is 0 Å². The van der Waals surface area contributed by atoms with Gasteiger partial charge in [-0.05, 0) is 139 Å². The summed E-state index contributed by atoms with van der Waals surface area (Å²) >= 11 is 0. The van der Waals surface area contributed by atoms with Gasteiger partial charge in [0.2, 0.25) is 0 Å². The van der Waals surface area contributed by atoms with Crippen molar-refractivity contribution in [3.63, 3.8) is 0 Å². The maximum Gasteiger partial charge on any atom is 0.0714 e. The Labute approximate surface area is 335 Å². The zero-order valence-electron chi connectivity index (χ0n) is 32.4. The highest BCUT2D eigenvalue weighted by molar-refractivity contribution is 5.98. The summed E-state index contributed by atoms with van der Waals surface area (Å²) in [6.07, 6.45) is 2.10. The molecule has 1 heteroatoms. The lowest BCUT2D eigenvalue weighted by atomic mass is 9.67. The molecule has 57 heavy (non-hydrogen) atoms. The van der Waals surface area contributed by atoms with E-state index in [9.17, 15) is 0 Å². The van der Waals surface area contributed by atoms with Crippen LogP contribution in [0.25, 0.3) is 43.8 Å². The molecule has 11 rings (SSSR count). The van der Waals surface area contributed by atoms with Crippen molar-refractivity contribution < 1.29 is 0 Å². The molecule has 0 unspecified atom stereocenters. The Morgan fingerprint density at radius 2 is 0.789 bits per heavy atom. The molecule has 0 aliphatic heterocycles. The number of anilines is 3. The topological polar surface area (TPSA) is 3.24 Å². The second-order valence-electron chi connectivity index (χ2n) is 15.9. The van der Waals surface area contributed by atoms with Crippen molar-refractivity contribution in [2.75, 3.05) is 4.90 Å². The van der Waals surface area contributed by atoms with Crippen molar-refractivity contribution in [3.8, 4) is 22.3 Å². The Hall–Kier alpha value is -6.70. The number of hydrogen-bond donors (Lipinski definition) is 0. The molecule has 0 radical (unpaired) electrons. The normalized spacial score (nSPS) is 14.2. The fraction of sp³-hybridized carbons (Fsp3) is 0.107. The highest BCUT2D eigenvalue weighted by Crippen LogP contribution is 2.59. The molecule has 9 aromatic carbocycles. The van der Waals surface area contributed by atoms with Crippen LogP contribution in [0.3, 0.4) is 0 Å². The molecule has 0 spiro atoms. The summed E-state index contributed by atoms with van der Waals surface area (Å²) in [5.41, 5.74) is 16.3. The molecule has 9 aromatic rings. The quantitative estimate of drug-likeness (QED) is 0.158. The molecule has 2 aliphatic rings. The minimum Gasteiger partial charge on any atom is -0.310 e. The molecule has 0 fully saturated rings. The highest BCUT2D eigenvalue weighted by atomic mass is 15.1. The van der Waals surface area contributed by atoms with Crippen molar-refractivity contribution in [1.82, 2.24) is 0 Å². The van der Waals surface area contributed by atoms with E-state index in [0.717, 1.165) is 24.2 Å². The van der Waals surface area contributed by atoms with E-state index in [-0.39, 0.29) is 5.41 Å². The number of nitrogens with zero attached hydrogens (tertiary/aromatic N) is 1. The summed E-state index contributed by atoms with van der Waals surface area (Å²) in [5.74, 6) is 0. The second kappa shape index (κ2) is 12.9. The minimum atomic E-state index is -0.526. The summed E-state index contributed by atoms with van der Waals surface area (Å²) < 4.78 is 0. The predicted molar refractivity (Wildman–Crippen MR) is 240 cm³/mol. The largest absolute Gasteiger partial charge is 0.310 e. The van der Waals surface area contributed by atoms with Crippen LogP contribution < -0.4 is 4.90 Å². The van der Waals surface area contributed by atoms with Gasteiger partial charge in [-0.3, -0.25) is 0 Å². The number of rotatable bonds is 7. The SMILES string of the molecule is CCC1(CC)c2ccccc2-c2ccc(N(c3ccc4c(c3)C(c3ccccc3)(c3ccccc3)c3cc5ccccc5cc3-4)c3ccc4ccccc4c3)cc21. The maximum atomic E-state index is 2.51. The van der Waals surface area contributed by atoms with Gasteiger partial charge in [-0.1, -0.05) is 166 Å². The van der Waals surface area contributed by atoms with E-state index in [1.54, 1.807) is 0 Å². The predicted octanol–water partition coefficient (Wildman–Crippen LogP) is 14.9. The first kappa shape index (κ1) is 33.6. The van der Waals surface area contributed by atoms with E-state index in [1.807, 2.05) is 0 Å². The van der Waals surface area contributed by atoms with E-state index in [1.165, 1.54) is 82.9 Å². The Bertz CT molecular complexity index is 2950. The summed E-state index contributed by atoms with van der Waals surface area (Å²) in [6.45, 7) is 4.72. The lowest BCUT2D eigenvalue weighted by molar-refractivity contribution is 0.490. The molecule has 0 heterocycles. The molecule has 0 bridgehead atoms. The zero-order chi connectivity index (χ0) is 38.1. The first-order valence-corrected chi connectivity index (χ1v) is 20.5. The summed E-state index contributed by atoms with van der Waals surface area (Å²) in [7, 11) is 0. The van der Waals surface area contributed by atoms with Crippen LogP contribution in [0.15, 0.2) is 200 Å². The molecular weight excluding hydrogens is 687 g/mol. The highest BCUT2D eigenvalue weighted by Gasteiger charge is 2.47. The summed E-state index contributed by atoms with van der Waals surface area (Å²) in [5, 5.41) is 4.99. The van der Waals surface area contributed by atoms with Crippen molar-refractivity contribution >= 4 is 38.6 Å². The molecule has 0 aromatic heterocycles. The van der Waals surface area contributed by atoms with Gasteiger partial charge in [-0.2, -0.15) is 0 Å². The molecular formula is C56H43N. The average Bonchev–Trinajstić information content (AvgIpc) is 3.72. The molecule has 1 nitrogen and oxygen atoms in total. The van der Waals surface area contributed by atoms with Gasteiger partial charge in [0.25, 0.3) is 0 Å². The van der Waals surface area contributed by atoms with Crippen LogP contribution in [-0.2, 0) is 10.8 Å². The lowest BCUT2D eigenvalue weighted by Gasteiger charge is -2.35. The average molecular weight is 730 g/mol. The third-order valence-electron chi connectivity index (χ3n) is 13.4. The van der Waals surface area contributed by atoms with Crippen LogP contribution in [0.1, 0.15) is 60.1 Å². The van der Waals surface area contributed by atoms with Crippen molar-refractivity contribution in [2.45, 2.75) is 37.5 Å². The molecule has 272 valence electrons. The number of hydrogen-bond acceptors (Lipinski definition) is 1. The van der Waals surface area contributed by atoms with Gasteiger partial charge in [-0.15, -0.1) is 0 Å². The Kier molecular flexibility index (Phi) is 7.63. The van der Waals surface area contributed by atoms with E-state index < -0.39 is 5.41 Å². The minimum absolute atomic E-state index is 0.0334. The van der Waals surface area contributed by atoms with Gasteiger partial charge in [-0.25, -0.2) is 0 Å². The standard InChI is InChI=1S/C56H43N/c1-3-55(4-2)51-26-16-15-25-47(51)48-31-29-45(36-52(48)55)57(44-28-27-38-17-11-12-18-39(38)33-44)46-30-32-49-50-34-40-19-13-14-20-41(40)35-53(50)56(54(49)37-46,42-21-7-5-8-22-42)43-23-9-6-10-24-43/h5-37H,3-4H2,1-2H3. The van der Waals surface area contributed by atoms with Crippen LogP contribution >= 0.6 is 0 Å². The smallest absolute Gasteiger partial charge is 0.0714 e. The maximum absolute atomic E-state index is 2.51. The summed E-state index contributed by atoms with van der Waals surface area (Å²) in [4.78, 5) is 2.51. The van der Waals surface area contributed by atoms with Crippen molar-refractivity contribution in [1.29, 1.82) is 0 Å². The molecule has 0 N–H and O–H groups in total. The van der Waals surface area contributed by atoms with Crippen LogP contribution in [-0.4, -0.2) is 0 Å². The van der Waals surface area contributed by atoms with E-state index in [2.05, 4.69) is 219 Å². The number of benzene rings is 9. The van der Waals surface area contributed by atoms with Gasteiger partial charge in [0.15, 0.2) is 0 Å². The Morgan fingerprint density at radius 3 is 1.44 bits per heavy atom. The van der Waals surface area contributed by atoms with Gasteiger partial charge in [0.05, 0.1) is 5.41 Å². The van der Waals surface area contributed by atoms with Crippen LogP contribution in [0.2, 0.25) is 0 Å². The fourth-order valence-corrected chi connectivity index (χ4v) is 10.7. The van der Waals surface area contributed by atoms with E-state index in [0.29, 0.717) is 0 Å². The Balaban J connectivity index is 1.20. The Morgan fingerprint density at radius 1 is 0.333 bits per heavy atom. The fourth-order valence-electron chi connectivity index (χ4n) is 10.7. The summed E-state index contributed by atoms with van der Waals surface area (Å²) in [6, 6.07) is 75.2. The lowest BCUT2D eigenvalue weighted by Crippen LogP contribution is -2.28. The van der Waals surface area contributed by atoms with Crippen LogP contribution in [0.5, 0.6) is 0 Å². The monoisotopic (exact) mass is 729 g/mol. The first-order chi connectivity index (χ1) is 28.1. The third kappa shape index (κ3) is 4.82. The van der Waals surface area contributed by atoms with Gasteiger partial charge in [0, 0.05) is 22.5 Å². The van der Waals surface area contributed by atoms with Crippen molar-refractivity contribution in [3.05, 3.63) is 234 Å². The van der Waals surface area contributed by atoms with Crippen molar-refractivity contribution in [2.24, 2.45) is 0 Å². The second-order valence-corrected chi connectivity index (χ2v) is 15.9. The molecule has 0 amide bonds. The molecule has 0 saturated heterocycles. The van der Waals surface area contributed by atoms with E-state index in [4.69, 9.17) is 0 Å². The molecule has 0 atom stereocenters. The van der Waals surface area contributed by atoms with Crippen LogP contribution in [0.4, 0.5) is 17.1 Å². The molecule has 0 saturated carbocycles.